The molecule has 0 aliphatic rings. The quantitative estimate of drug-likeness (QED) is 0.444. The second-order valence-corrected chi connectivity index (χ2v) is 4.98. The summed E-state index contributed by atoms with van der Waals surface area (Å²) in [4.78, 5) is 0.618. The fraction of sp³-hybridized carbons (Fsp3) is 0.923. The van der Waals surface area contributed by atoms with Crippen molar-refractivity contribution in [2.24, 2.45) is 5.73 Å². The number of hydrogen-bond donors (Lipinski definition) is 1. The minimum atomic E-state index is 0.404. The van der Waals surface area contributed by atoms with E-state index in [1.807, 2.05) is 0 Å². The highest BCUT2D eigenvalue weighted by Gasteiger charge is 2.01. The van der Waals surface area contributed by atoms with Gasteiger partial charge in [0.2, 0.25) is 0 Å². The molecule has 1 unspecified atom stereocenters. The van der Waals surface area contributed by atoms with Crippen LogP contribution in [0.3, 0.4) is 0 Å². The topological polar surface area (TPSA) is 35.2 Å². The monoisotopic (exact) mass is 245 g/mol. The molecule has 0 bridgehead atoms. The molecule has 0 aromatic rings. The maximum atomic E-state index is 5.72. The van der Waals surface area contributed by atoms with Gasteiger partial charge in [0, 0.05) is 6.61 Å². The molecule has 0 aliphatic heterocycles. The molecule has 0 fully saturated rings. The van der Waals surface area contributed by atoms with E-state index in [-0.39, 0.29) is 0 Å². The fourth-order valence-electron chi connectivity index (χ4n) is 1.63. The van der Waals surface area contributed by atoms with Gasteiger partial charge in [-0.1, -0.05) is 44.8 Å². The van der Waals surface area contributed by atoms with Crippen molar-refractivity contribution in [3.63, 3.8) is 0 Å². The Labute approximate surface area is 106 Å². The van der Waals surface area contributed by atoms with Crippen molar-refractivity contribution in [3.8, 4) is 0 Å². The molecule has 0 saturated carbocycles. The van der Waals surface area contributed by atoms with Crippen molar-refractivity contribution in [2.45, 2.75) is 71.3 Å². The summed E-state index contributed by atoms with van der Waals surface area (Å²) in [7, 11) is 0. The highest BCUT2D eigenvalue weighted by Crippen LogP contribution is 2.08. The van der Waals surface area contributed by atoms with E-state index >= 15 is 0 Å². The summed E-state index contributed by atoms with van der Waals surface area (Å²) in [5.74, 6) is 0. The van der Waals surface area contributed by atoms with E-state index in [1.165, 1.54) is 32.1 Å². The van der Waals surface area contributed by atoms with Crippen molar-refractivity contribution >= 4 is 17.2 Å². The highest BCUT2D eigenvalue weighted by atomic mass is 32.1. The van der Waals surface area contributed by atoms with Gasteiger partial charge in [-0.2, -0.15) is 0 Å². The predicted molar refractivity (Wildman–Crippen MR) is 74.8 cm³/mol. The van der Waals surface area contributed by atoms with Crippen LogP contribution in [0.2, 0.25) is 0 Å². The van der Waals surface area contributed by atoms with Crippen molar-refractivity contribution in [3.05, 3.63) is 0 Å². The maximum absolute atomic E-state index is 5.72. The summed E-state index contributed by atoms with van der Waals surface area (Å²) in [6, 6.07) is 0. The molecule has 0 heterocycles. The Balaban J connectivity index is 3.17. The molecule has 0 rings (SSSR count). The van der Waals surface area contributed by atoms with E-state index < -0.39 is 0 Å². The third kappa shape index (κ3) is 11.9. The molecule has 0 spiro atoms. The number of nitrogens with two attached hydrogens (primary N) is 1. The Hall–Kier alpha value is -0.150. The lowest BCUT2D eigenvalue weighted by Gasteiger charge is -2.12. The number of hydrogen-bond acceptors (Lipinski definition) is 2. The van der Waals surface area contributed by atoms with Gasteiger partial charge in [-0.05, 0) is 32.6 Å². The lowest BCUT2D eigenvalue weighted by molar-refractivity contribution is 0.0563. The largest absolute Gasteiger partial charge is 0.393 e. The van der Waals surface area contributed by atoms with Gasteiger partial charge in [0.1, 0.15) is 0 Å². The van der Waals surface area contributed by atoms with Crippen LogP contribution in [0, 0.1) is 0 Å². The van der Waals surface area contributed by atoms with Gasteiger partial charge in [0.05, 0.1) is 11.1 Å². The Bertz CT molecular complexity index is 173. The molecule has 0 aliphatic carbocycles. The van der Waals surface area contributed by atoms with Crippen molar-refractivity contribution in [1.82, 2.24) is 0 Å². The number of unbranched alkanes of at least 4 members (excludes halogenated alkanes) is 4. The smallest absolute Gasteiger partial charge is 0.0727 e. The number of rotatable bonds is 11. The average molecular weight is 245 g/mol. The van der Waals surface area contributed by atoms with E-state index in [0.29, 0.717) is 11.1 Å². The number of thiocarbonyl (C=S) groups is 1. The zero-order valence-electron chi connectivity index (χ0n) is 10.8. The lowest BCUT2D eigenvalue weighted by Crippen LogP contribution is -2.11. The second kappa shape index (κ2) is 11.3. The Morgan fingerprint density at radius 3 is 2.56 bits per heavy atom. The minimum absolute atomic E-state index is 0.404. The van der Waals surface area contributed by atoms with E-state index in [4.69, 9.17) is 22.7 Å². The predicted octanol–water partition coefficient (Wildman–Crippen LogP) is 3.82. The fourth-order valence-corrected chi connectivity index (χ4v) is 1.77. The third-order valence-electron chi connectivity index (χ3n) is 2.68. The number of ether oxygens (including phenoxy) is 1. The summed E-state index contributed by atoms with van der Waals surface area (Å²) < 4.78 is 5.72. The molecule has 2 N–H and O–H groups in total. The summed E-state index contributed by atoms with van der Waals surface area (Å²) >= 11 is 4.82. The Morgan fingerprint density at radius 1 is 1.19 bits per heavy atom. The van der Waals surface area contributed by atoms with Gasteiger partial charge in [-0.15, -0.1) is 0 Å². The van der Waals surface area contributed by atoms with Crippen molar-refractivity contribution < 1.29 is 4.74 Å². The second-order valence-electron chi connectivity index (χ2n) is 4.45. The minimum Gasteiger partial charge on any atom is -0.393 e. The Kier molecular flexibility index (Phi) is 11.2. The highest BCUT2D eigenvalue weighted by molar-refractivity contribution is 7.80. The van der Waals surface area contributed by atoms with Crippen LogP contribution in [0.25, 0.3) is 0 Å². The van der Waals surface area contributed by atoms with Gasteiger partial charge in [-0.25, -0.2) is 0 Å². The first kappa shape index (κ1) is 15.9. The zero-order valence-corrected chi connectivity index (χ0v) is 11.7. The molecule has 16 heavy (non-hydrogen) atoms. The van der Waals surface area contributed by atoms with Crippen LogP contribution in [-0.4, -0.2) is 17.7 Å². The van der Waals surface area contributed by atoms with Gasteiger partial charge in [0.15, 0.2) is 0 Å². The van der Waals surface area contributed by atoms with E-state index in [0.717, 1.165) is 25.9 Å². The Morgan fingerprint density at radius 2 is 1.94 bits per heavy atom. The molecule has 2 nitrogen and oxygen atoms in total. The molecular weight excluding hydrogens is 218 g/mol. The molecule has 0 radical (unpaired) electrons. The molecule has 1 atom stereocenters. The SMILES string of the molecule is CCCCCCC(C)OCCCCC(N)=S. The molecule has 0 amide bonds. The maximum Gasteiger partial charge on any atom is 0.0727 e. The summed E-state index contributed by atoms with van der Waals surface area (Å²) in [6.07, 6.45) is 9.84. The summed E-state index contributed by atoms with van der Waals surface area (Å²) in [6.45, 7) is 5.25. The van der Waals surface area contributed by atoms with Crippen LogP contribution in [0.15, 0.2) is 0 Å². The van der Waals surface area contributed by atoms with Gasteiger partial charge >= 0.3 is 0 Å². The summed E-state index contributed by atoms with van der Waals surface area (Å²) in [5, 5.41) is 0. The average Bonchev–Trinajstić information content (AvgIpc) is 2.23. The van der Waals surface area contributed by atoms with E-state index in [2.05, 4.69) is 13.8 Å². The van der Waals surface area contributed by atoms with E-state index in [9.17, 15) is 0 Å². The van der Waals surface area contributed by atoms with Crippen molar-refractivity contribution in [2.75, 3.05) is 6.61 Å². The van der Waals surface area contributed by atoms with Gasteiger partial charge < -0.3 is 10.5 Å². The molecular formula is C13H27NOS. The molecule has 96 valence electrons. The van der Waals surface area contributed by atoms with Crippen LogP contribution in [0.5, 0.6) is 0 Å². The van der Waals surface area contributed by atoms with Crippen LogP contribution >= 0.6 is 12.2 Å². The van der Waals surface area contributed by atoms with Crippen LogP contribution in [0.4, 0.5) is 0 Å². The zero-order chi connectivity index (χ0) is 12.2. The van der Waals surface area contributed by atoms with Crippen LogP contribution < -0.4 is 5.73 Å². The van der Waals surface area contributed by atoms with Crippen LogP contribution in [-0.2, 0) is 4.74 Å². The first-order chi connectivity index (χ1) is 7.66. The van der Waals surface area contributed by atoms with E-state index in [1.54, 1.807) is 0 Å². The lowest BCUT2D eigenvalue weighted by atomic mass is 10.1. The van der Waals surface area contributed by atoms with Crippen LogP contribution in [0.1, 0.15) is 65.2 Å². The third-order valence-corrected chi connectivity index (χ3v) is 2.89. The first-order valence-electron chi connectivity index (χ1n) is 6.56. The molecule has 0 saturated heterocycles. The normalized spacial score (nSPS) is 12.6. The standard InChI is InChI=1S/C13H27NOS/c1-3-4-5-6-9-12(2)15-11-8-7-10-13(14)16/h12H,3-11H2,1-2H3,(H2,14,16). The first-order valence-corrected chi connectivity index (χ1v) is 6.97. The molecule has 3 heteroatoms. The molecule has 0 aromatic carbocycles. The van der Waals surface area contributed by atoms with Crippen molar-refractivity contribution in [1.29, 1.82) is 0 Å². The molecule has 0 aromatic heterocycles. The summed E-state index contributed by atoms with van der Waals surface area (Å²) in [5.41, 5.74) is 5.42. The van der Waals surface area contributed by atoms with Gasteiger partial charge in [-0.3, -0.25) is 0 Å². The van der Waals surface area contributed by atoms with Gasteiger partial charge in [0.25, 0.3) is 0 Å².